The largest absolute Gasteiger partial charge is 0.507 e. The van der Waals surface area contributed by atoms with Gasteiger partial charge < -0.3 is 9.84 Å². The Labute approximate surface area is 109 Å². The van der Waals surface area contributed by atoms with Gasteiger partial charge in [0.2, 0.25) is 0 Å². The minimum Gasteiger partial charge on any atom is -0.507 e. The SMILES string of the molecule is CC1(C)OC(=O)C(c2ccc(Cl)c(Cl)c2)=C1O. The Kier molecular flexibility index (Phi) is 2.84. The first-order valence-electron chi connectivity index (χ1n) is 4.95. The van der Waals surface area contributed by atoms with Crippen molar-refractivity contribution in [2.24, 2.45) is 0 Å². The molecule has 0 aromatic heterocycles. The van der Waals surface area contributed by atoms with Crippen molar-refractivity contribution in [3.8, 4) is 0 Å². The summed E-state index contributed by atoms with van der Waals surface area (Å²) < 4.78 is 5.06. The quantitative estimate of drug-likeness (QED) is 0.795. The Bertz CT molecular complexity index is 533. The predicted octanol–water partition coefficient (Wildman–Crippen LogP) is 3.60. The van der Waals surface area contributed by atoms with E-state index in [1.54, 1.807) is 26.0 Å². The average Bonchev–Trinajstić information content (AvgIpc) is 2.42. The number of hydrogen-bond acceptors (Lipinski definition) is 3. The summed E-state index contributed by atoms with van der Waals surface area (Å²) in [6.07, 6.45) is 0. The van der Waals surface area contributed by atoms with Crippen LogP contribution in [0.3, 0.4) is 0 Å². The summed E-state index contributed by atoms with van der Waals surface area (Å²) in [6, 6.07) is 4.71. The average molecular weight is 273 g/mol. The summed E-state index contributed by atoms with van der Waals surface area (Å²) >= 11 is 11.7. The summed E-state index contributed by atoms with van der Waals surface area (Å²) in [4.78, 5) is 11.7. The van der Waals surface area contributed by atoms with Gasteiger partial charge in [-0.05, 0) is 31.5 Å². The number of hydrogen-bond donors (Lipinski definition) is 1. The van der Waals surface area contributed by atoms with Crippen LogP contribution >= 0.6 is 23.2 Å². The molecule has 0 radical (unpaired) electrons. The number of benzene rings is 1. The first-order chi connectivity index (χ1) is 7.83. The van der Waals surface area contributed by atoms with E-state index in [1.165, 1.54) is 6.07 Å². The third-order valence-electron chi connectivity index (χ3n) is 2.57. The molecule has 1 aromatic rings. The molecule has 0 atom stereocenters. The van der Waals surface area contributed by atoms with Gasteiger partial charge in [-0.25, -0.2) is 4.79 Å². The maximum Gasteiger partial charge on any atom is 0.343 e. The van der Waals surface area contributed by atoms with Crippen LogP contribution in [0.4, 0.5) is 0 Å². The van der Waals surface area contributed by atoms with E-state index < -0.39 is 11.6 Å². The first-order valence-corrected chi connectivity index (χ1v) is 5.71. The Morgan fingerprint density at radius 1 is 1.24 bits per heavy atom. The van der Waals surface area contributed by atoms with Crippen LogP contribution in [0.5, 0.6) is 0 Å². The minimum absolute atomic E-state index is 0.0964. The number of aliphatic hydroxyl groups is 1. The van der Waals surface area contributed by atoms with Crippen LogP contribution in [0.15, 0.2) is 24.0 Å². The second-order valence-electron chi connectivity index (χ2n) is 4.25. The maximum atomic E-state index is 11.7. The third-order valence-corrected chi connectivity index (χ3v) is 3.31. The number of carbonyl (C=O) groups excluding carboxylic acids is 1. The Morgan fingerprint density at radius 3 is 2.35 bits per heavy atom. The van der Waals surface area contributed by atoms with Crippen LogP contribution in [0.25, 0.3) is 5.57 Å². The summed E-state index contributed by atoms with van der Waals surface area (Å²) in [6.45, 7) is 3.23. The highest BCUT2D eigenvalue weighted by Crippen LogP contribution is 2.37. The van der Waals surface area contributed by atoms with E-state index in [1.807, 2.05) is 0 Å². The Hall–Kier alpha value is -1.19. The lowest BCUT2D eigenvalue weighted by Gasteiger charge is -2.16. The van der Waals surface area contributed by atoms with Gasteiger partial charge in [0.15, 0.2) is 11.4 Å². The zero-order valence-electron chi connectivity index (χ0n) is 9.25. The van der Waals surface area contributed by atoms with Crippen molar-refractivity contribution in [3.05, 3.63) is 39.6 Å². The van der Waals surface area contributed by atoms with Gasteiger partial charge in [-0.15, -0.1) is 0 Å². The molecule has 17 heavy (non-hydrogen) atoms. The van der Waals surface area contributed by atoms with Gasteiger partial charge in [-0.3, -0.25) is 0 Å². The van der Waals surface area contributed by atoms with Crippen molar-refractivity contribution in [3.63, 3.8) is 0 Å². The van der Waals surface area contributed by atoms with Gasteiger partial charge in [0, 0.05) is 0 Å². The molecule has 2 rings (SSSR count). The number of carbonyl (C=O) groups is 1. The zero-order chi connectivity index (χ0) is 12.8. The lowest BCUT2D eigenvalue weighted by molar-refractivity contribution is -0.143. The number of ether oxygens (including phenoxy) is 1. The predicted molar refractivity (Wildman–Crippen MR) is 66.2 cm³/mol. The van der Waals surface area contributed by atoms with E-state index in [4.69, 9.17) is 27.9 Å². The van der Waals surface area contributed by atoms with Crippen molar-refractivity contribution < 1.29 is 14.6 Å². The van der Waals surface area contributed by atoms with Gasteiger partial charge >= 0.3 is 5.97 Å². The molecular weight excluding hydrogens is 263 g/mol. The summed E-state index contributed by atoms with van der Waals surface area (Å²) in [5.41, 5.74) is -0.375. The molecule has 0 saturated heterocycles. The Morgan fingerprint density at radius 2 is 1.88 bits per heavy atom. The van der Waals surface area contributed by atoms with E-state index >= 15 is 0 Å². The second kappa shape index (κ2) is 3.93. The van der Waals surface area contributed by atoms with Gasteiger partial charge in [0.1, 0.15) is 5.57 Å². The molecule has 1 aromatic carbocycles. The summed E-state index contributed by atoms with van der Waals surface area (Å²) in [7, 11) is 0. The molecule has 1 heterocycles. The lowest BCUT2D eigenvalue weighted by atomic mass is 10.0. The molecule has 5 heteroatoms. The van der Waals surface area contributed by atoms with Crippen molar-refractivity contribution >= 4 is 34.7 Å². The minimum atomic E-state index is -1.00. The molecular formula is C12H10Cl2O3. The number of cyclic esters (lactones) is 1. The van der Waals surface area contributed by atoms with Crippen molar-refractivity contribution in [2.75, 3.05) is 0 Å². The van der Waals surface area contributed by atoms with Crippen LogP contribution in [0.1, 0.15) is 19.4 Å². The number of rotatable bonds is 1. The molecule has 3 nitrogen and oxygen atoms in total. The highest BCUT2D eigenvalue weighted by molar-refractivity contribution is 6.42. The number of halogens is 2. The number of aliphatic hydroxyl groups excluding tert-OH is 1. The van der Waals surface area contributed by atoms with Crippen LogP contribution in [-0.4, -0.2) is 16.7 Å². The molecule has 1 aliphatic rings. The highest BCUT2D eigenvalue weighted by Gasteiger charge is 2.41. The fourth-order valence-electron chi connectivity index (χ4n) is 1.64. The normalized spacial score (nSPS) is 18.5. The van der Waals surface area contributed by atoms with Gasteiger partial charge in [0.25, 0.3) is 0 Å². The molecule has 0 aliphatic carbocycles. The van der Waals surface area contributed by atoms with Gasteiger partial charge in [-0.1, -0.05) is 29.3 Å². The summed E-state index contributed by atoms with van der Waals surface area (Å²) in [5.74, 6) is -0.660. The van der Waals surface area contributed by atoms with Gasteiger partial charge in [0.05, 0.1) is 10.0 Å². The van der Waals surface area contributed by atoms with Crippen LogP contribution in [-0.2, 0) is 9.53 Å². The molecule has 0 saturated carbocycles. The van der Waals surface area contributed by atoms with E-state index in [-0.39, 0.29) is 11.3 Å². The van der Waals surface area contributed by atoms with E-state index in [2.05, 4.69) is 0 Å². The fraction of sp³-hybridized carbons (Fsp3) is 0.250. The molecule has 1 N–H and O–H groups in total. The van der Waals surface area contributed by atoms with Crippen LogP contribution in [0.2, 0.25) is 10.0 Å². The highest BCUT2D eigenvalue weighted by atomic mass is 35.5. The maximum absolute atomic E-state index is 11.7. The molecule has 0 spiro atoms. The molecule has 0 amide bonds. The van der Waals surface area contributed by atoms with Crippen molar-refractivity contribution in [1.82, 2.24) is 0 Å². The summed E-state index contributed by atoms with van der Waals surface area (Å²) in [5, 5.41) is 10.7. The standard InChI is InChI=1S/C12H10Cl2O3/c1-12(2)10(15)9(11(16)17-12)6-3-4-7(13)8(14)5-6/h3-5,15H,1-2H3. The molecule has 90 valence electrons. The van der Waals surface area contributed by atoms with Gasteiger partial charge in [-0.2, -0.15) is 0 Å². The third kappa shape index (κ3) is 2.01. The zero-order valence-corrected chi connectivity index (χ0v) is 10.8. The number of esters is 1. The smallest absolute Gasteiger partial charge is 0.343 e. The molecule has 0 unspecified atom stereocenters. The van der Waals surface area contributed by atoms with Crippen molar-refractivity contribution in [2.45, 2.75) is 19.4 Å². The fourth-order valence-corrected chi connectivity index (χ4v) is 1.93. The molecule has 0 bridgehead atoms. The van der Waals surface area contributed by atoms with E-state index in [0.717, 1.165) is 0 Å². The second-order valence-corrected chi connectivity index (χ2v) is 5.07. The molecule has 1 aliphatic heterocycles. The topological polar surface area (TPSA) is 46.5 Å². The van der Waals surface area contributed by atoms with E-state index in [9.17, 15) is 9.90 Å². The monoisotopic (exact) mass is 272 g/mol. The Balaban J connectivity index is 2.57. The molecule has 0 fully saturated rings. The van der Waals surface area contributed by atoms with Crippen LogP contribution in [0, 0.1) is 0 Å². The van der Waals surface area contributed by atoms with E-state index in [0.29, 0.717) is 15.6 Å². The first kappa shape index (κ1) is 12.3. The van der Waals surface area contributed by atoms with Crippen molar-refractivity contribution in [1.29, 1.82) is 0 Å². The lowest BCUT2D eigenvalue weighted by Crippen LogP contribution is -2.22. The van der Waals surface area contributed by atoms with Crippen LogP contribution < -0.4 is 0 Å².